The van der Waals surface area contributed by atoms with Crippen molar-refractivity contribution < 1.29 is 4.79 Å². The molecule has 0 bridgehead atoms. The van der Waals surface area contributed by atoms with Crippen molar-refractivity contribution in [3.8, 4) is 11.4 Å². The molecule has 1 aromatic heterocycles. The summed E-state index contributed by atoms with van der Waals surface area (Å²) in [5.74, 6) is 0.387. The van der Waals surface area contributed by atoms with Crippen LogP contribution in [-0.2, 0) is 0 Å². The van der Waals surface area contributed by atoms with E-state index in [1.54, 1.807) is 0 Å². The highest BCUT2D eigenvalue weighted by atomic mass is 16.2. The van der Waals surface area contributed by atoms with Crippen molar-refractivity contribution in [1.29, 1.82) is 0 Å². The molecule has 2 rings (SSSR count). The Kier molecular flexibility index (Phi) is 4.30. The number of carbonyl (C=O) groups excluding carboxylic acids is 1. The summed E-state index contributed by atoms with van der Waals surface area (Å²) in [5, 5.41) is 2.70. The molecule has 0 aliphatic rings. The Balaban J connectivity index is 2.23. The molecular formula is C15H17N3O2. The van der Waals surface area contributed by atoms with E-state index in [1.165, 1.54) is 6.20 Å². The zero-order valence-electron chi connectivity index (χ0n) is 11.5. The van der Waals surface area contributed by atoms with E-state index >= 15 is 0 Å². The first-order chi connectivity index (χ1) is 9.58. The van der Waals surface area contributed by atoms with Gasteiger partial charge in [-0.05, 0) is 5.92 Å². The van der Waals surface area contributed by atoms with Gasteiger partial charge in [0.1, 0.15) is 11.4 Å². The van der Waals surface area contributed by atoms with Crippen LogP contribution in [0.3, 0.4) is 0 Å². The van der Waals surface area contributed by atoms with Crippen LogP contribution in [0.15, 0.2) is 41.3 Å². The van der Waals surface area contributed by atoms with Crippen LogP contribution in [-0.4, -0.2) is 22.4 Å². The van der Waals surface area contributed by atoms with Crippen molar-refractivity contribution in [1.82, 2.24) is 15.3 Å². The number of aromatic amines is 1. The van der Waals surface area contributed by atoms with Gasteiger partial charge in [-0.25, -0.2) is 4.98 Å². The first-order valence-corrected chi connectivity index (χ1v) is 6.51. The number of nitrogens with one attached hydrogen (secondary N) is 2. The first kappa shape index (κ1) is 14.0. The number of rotatable bonds is 4. The Labute approximate surface area is 117 Å². The molecule has 2 aromatic rings. The van der Waals surface area contributed by atoms with Crippen molar-refractivity contribution in [2.75, 3.05) is 6.54 Å². The van der Waals surface area contributed by atoms with Crippen LogP contribution in [0, 0.1) is 5.92 Å². The van der Waals surface area contributed by atoms with Gasteiger partial charge in [0.05, 0.1) is 0 Å². The smallest absolute Gasteiger partial charge is 0.264 e. The normalized spacial score (nSPS) is 10.6. The van der Waals surface area contributed by atoms with E-state index in [9.17, 15) is 9.59 Å². The fourth-order valence-electron chi connectivity index (χ4n) is 1.69. The second-order valence-corrected chi connectivity index (χ2v) is 4.94. The minimum Gasteiger partial charge on any atom is -0.352 e. The van der Waals surface area contributed by atoms with Crippen molar-refractivity contribution in [3.63, 3.8) is 0 Å². The average Bonchev–Trinajstić information content (AvgIpc) is 2.45. The summed E-state index contributed by atoms with van der Waals surface area (Å²) in [7, 11) is 0. The lowest BCUT2D eigenvalue weighted by Gasteiger charge is -2.07. The van der Waals surface area contributed by atoms with Gasteiger partial charge in [0.25, 0.3) is 11.5 Å². The Morgan fingerprint density at radius 1 is 1.30 bits per heavy atom. The van der Waals surface area contributed by atoms with Crippen LogP contribution in [0.4, 0.5) is 0 Å². The number of hydrogen-bond donors (Lipinski definition) is 2. The molecule has 1 aromatic carbocycles. The zero-order chi connectivity index (χ0) is 14.5. The third kappa shape index (κ3) is 3.32. The molecule has 5 heteroatoms. The van der Waals surface area contributed by atoms with Crippen molar-refractivity contribution in [2.45, 2.75) is 13.8 Å². The molecule has 0 aliphatic carbocycles. The van der Waals surface area contributed by atoms with Crippen molar-refractivity contribution in [3.05, 3.63) is 52.4 Å². The van der Waals surface area contributed by atoms with Crippen LogP contribution < -0.4 is 10.9 Å². The van der Waals surface area contributed by atoms with E-state index in [0.717, 1.165) is 5.56 Å². The highest BCUT2D eigenvalue weighted by Crippen LogP contribution is 2.11. The predicted molar refractivity (Wildman–Crippen MR) is 77.5 cm³/mol. The molecule has 104 valence electrons. The minimum atomic E-state index is -0.430. The fraction of sp³-hybridized carbons (Fsp3) is 0.267. The summed E-state index contributed by atoms with van der Waals surface area (Å²) in [4.78, 5) is 30.6. The molecule has 0 saturated heterocycles. The Morgan fingerprint density at radius 3 is 2.60 bits per heavy atom. The third-order valence-electron chi connectivity index (χ3n) is 2.76. The maximum absolute atomic E-state index is 11.9. The van der Waals surface area contributed by atoms with Gasteiger partial charge in [-0.3, -0.25) is 9.59 Å². The van der Waals surface area contributed by atoms with Crippen molar-refractivity contribution in [2.24, 2.45) is 5.92 Å². The molecule has 20 heavy (non-hydrogen) atoms. The summed E-state index contributed by atoms with van der Waals surface area (Å²) in [6.07, 6.45) is 1.32. The second kappa shape index (κ2) is 6.14. The highest BCUT2D eigenvalue weighted by Gasteiger charge is 2.12. The van der Waals surface area contributed by atoms with Crippen LogP contribution in [0.2, 0.25) is 0 Å². The van der Waals surface area contributed by atoms with Crippen LogP contribution in [0.1, 0.15) is 24.2 Å². The van der Waals surface area contributed by atoms with Gasteiger partial charge in [-0.1, -0.05) is 44.2 Å². The Bertz CT molecular complexity index is 648. The lowest BCUT2D eigenvalue weighted by molar-refractivity contribution is 0.0947. The molecule has 0 fully saturated rings. The van der Waals surface area contributed by atoms with Gasteiger partial charge >= 0.3 is 0 Å². The molecule has 0 radical (unpaired) electrons. The summed E-state index contributed by atoms with van der Waals surface area (Å²) < 4.78 is 0. The number of aromatic nitrogens is 2. The number of benzene rings is 1. The van der Waals surface area contributed by atoms with Crippen LogP contribution in [0.5, 0.6) is 0 Å². The molecule has 0 aliphatic heterocycles. The van der Waals surface area contributed by atoms with Gasteiger partial charge in [0.15, 0.2) is 0 Å². The predicted octanol–water partition coefficient (Wildman–Crippen LogP) is 1.82. The van der Waals surface area contributed by atoms with E-state index in [4.69, 9.17) is 0 Å². The average molecular weight is 271 g/mol. The topological polar surface area (TPSA) is 74.8 Å². The molecule has 1 heterocycles. The lowest BCUT2D eigenvalue weighted by atomic mass is 10.2. The van der Waals surface area contributed by atoms with E-state index in [1.807, 2.05) is 44.2 Å². The van der Waals surface area contributed by atoms with Gasteiger partial charge in [-0.15, -0.1) is 0 Å². The number of nitrogens with zero attached hydrogens (tertiary/aromatic N) is 1. The van der Waals surface area contributed by atoms with E-state index in [2.05, 4.69) is 15.3 Å². The largest absolute Gasteiger partial charge is 0.352 e. The van der Waals surface area contributed by atoms with E-state index < -0.39 is 11.5 Å². The lowest BCUT2D eigenvalue weighted by Crippen LogP contribution is -2.32. The van der Waals surface area contributed by atoms with Gasteiger partial charge in [-0.2, -0.15) is 0 Å². The number of amides is 1. The van der Waals surface area contributed by atoms with Gasteiger partial charge in [0.2, 0.25) is 0 Å². The van der Waals surface area contributed by atoms with Crippen molar-refractivity contribution >= 4 is 5.91 Å². The Morgan fingerprint density at radius 2 is 2.00 bits per heavy atom. The highest BCUT2D eigenvalue weighted by molar-refractivity contribution is 5.93. The summed E-state index contributed by atoms with van der Waals surface area (Å²) >= 11 is 0. The minimum absolute atomic E-state index is 0.0327. The molecule has 0 atom stereocenters. The monoisotopic (exact) mass is 271 g/mol. The SMILES string of the molecule is CC(C)CNC(=O)c1cnc(-c2ccccc2)[nH]c1=O. The van der Waals surface area contributed by atoms with E-state index in [-0.39, 0.29) is 5.56 Å². The maximum Gasteiger partial charge on any atom is 0.264 e. The molecule has 5 nitrogen and oxygen atoms in total. The first-order valence-electron chi connectivity index (χ1n) is 6.51. The summed E-state index contributed by atoms with van der Waals surface area (Å²) in [6, 6.07) is 9.29. The molecule has 0 unspecified atom stereocenters. The Hall–Kier alpha value is -2.43. The molecule has 0 saturated carbocycles. The zero-order valence-corrected chi connectivity index (χ0v) is 11.5. The number of carbonyl (C=O) groups is 1. The van der Waals surface area contributed by atoms with Gasteiger partial charge < -0.3 is 10.3 Å². The number of hydrogen-bond acceptors (Lipinski definition) is 3. The third-order valence-corrected chi connectivity index (χ3v) is 2.76. The molecule has 1 amide bonds. The standard InChI is InChI=1S/C15H17N3O2/c1-10(2)8-17-14(19)12-9-16-13(18-15(12)20)11-6-4-3-5-7-11/h3-7,9-10H,8H2,1-2H3,(H,17,19)(H,16,18,20). The molecule has 2 N–H and O–H groups in total. The second-order valence-electron chi connectivity index (χ2n) is 4.94. The quantitative estimate of drug-likeness (QED) is 0.890. The maximum atomic E-state index is 11.9. The number of H-pyrrole nitrogens is 1. The van der Waals surface area contributed by atoms with Gasteiger partial charge in [0, 0.05) is 18.3 Å². The summed E-state index contributed by atoms with van der Waals surface area (Å²) in [5.41, 5.74) is 0.407. The van der Waals surface area contributed by atoms with Crippen LogP contribution >= 0.6 is 0 Å². The fourth-order valence-corrected chi connectivity index (χ4v) is 1.69. The molecule has 0 spiro atoms. The molecular weight excluding hydrogens is 254 g/mol. The summed E-state index contributed by atoms with van der Waals surface area (Å²) in [6.45, 7) is 4.50. The van der Waals surface area contributed by atoms with E-state index in [0.29, 0.717) is 18.3 Å². The van der Waals surface area contributed by atoms with Crippen LogP contribution in [0.25, 0.3) is 11.4 Å².